The van der Waals surface area contributed by atoms with Gasteiger partial charge in [-0.2, -0.15) is 0 Å². The number of halogens is 1. The van der Waals surface area contributed by atoms with Gasteiger partial charge in [0.1, 0.15) is 0 Å². The van der Waals surface area contributed by atoms with Gasteiger partial charge in [0, 0.05) is 10.0 Å². The smallest absolute Gasteiger partial charge is 0.177 e. The van der Waals surface area contributed by atoms with Gasteiger partial charge in [-0.1, -0.05) is 27.6 Å². The average molecular weight is 242 g/mol. The highest BCUT2D eigenvalue weighted by atomic mass is 79.9. The quantitative estimate of drug-likeness (QED) is 0.823. The molecule has 0 spiro atoms. The molecule has 0 radical (unpaired) electrons. The first kappa shape index (κ1) is 10.4. The molecule has 0 fully saturated rings. The fourth-order valence-electron chi connectivity index (χ4n) is 1.11. The van der Waals surface area contributed by atoms with Crippen molar-refractivity contribution in [1.82, 2.24) is 5.32 Å². The summed E-state index contributed by atoms with van der Waals surface area (Å²) in [5.74, 6) is 0.109. The highest BCUT2D eigenvalue weighted by Gasteiger charge is 2.08. The zero-order valence-corrected chi connectivity index (χ0v) is 9.31. The third-order valence-corrected chi connectivity index (χ3v) is 2.45. The van der Waals surface area contributed by atoms with Gasteiger partial charge in [-0.25, -0.2) is 0 Å². The van der Waals surface area contributed by atoms with Crippen LogP contribution in [0.3, 0.4) is 0 Å². The Hall–Kier alpha value is -0.670. The van der Waals surface area contributed by atoms with E-state index in [1.165, 1.54) is 0 Å². The van der Waals surface area contributed by atoms with E-state index >= 15 is 0 Å². The van der Waals surface area contributed by atoms with E-state index < -0.39 is 0 Å². The lowest BCUT2D eigenvalue weighted by Gasteiger charge is -2.03. The van der Waals surface area contributed by atoms with E-state index in [9.17, 15) is 4.79 Å². The largest absolute Gasteiger partial charge is 0.313 e. The van der Waals surface area contributed by atoms with Gasteiger partial charge in [-0.15, -0.1) is 0 Å². The molecular weight excluding hydrogens is 230 g/mol. The van der Waals surface area contributed by atoms with Crippen LogP contribution in [-0.4, -0.2) is 19.4 Å². The molecule has 0 aromatic heterocycles. The number of ketones is 1. The summed E-state index contributed by atoms with van der Waals surface area (Å²) in [6.07, 6.45) is 0. The molecule has 0 bridgehead atoms. The maximum absolute atomic E-state index is 11.5. The van der Waals surface area contributed by atoms with Gasteiger partial charge < -0.3 is 5.32 Å². The molecule has 0 unspecified atom stereocenters. The van der Waals surface area contributed by atoms with Crippen molar-refractivity contribution in [3.8, 4) is 0 Å². The van der Waals surface area contributed by atoms with Crippen molar-refractivity contribution in [1.29, 1.82) is 0 Å². The molecule has 1 aromatic rings. The molecule has 0 amide bonds. The summed E-state index contributed by atoms with van der Waals surface area (Å²) in [6, 6.07) is 5.77. The summed E-state index contributed by atoms with van der Waals surface area (Å²) < 4.78 is 0.860. The van der Waals surface area contributed by atoms with Crippen molar-refractivity contribution >= 4 is 21.7 Å². The minimum atomic E-state index is 0.109. The van der Waals surface area contributed by atoms with Crippen molar-refractivity contribution in [3.63, 3.8) is 0 Å². The minimum absolute atomic E-state index is 0.109. The Balaban J connectivity index is 2.99. The van der Waals surface area contributed by atoms with Gasteiger partial charge in [0.05, 0.1) is 6.54 Å². The van der Waals surface area contributed by atoms with Crippen LogP contribution in [0, 0.1) is 6.92 Å². The predicted octanol–water partition coefficient (Wildman–Crippen LogP) is 2.16. The number of carbonyl (C=O) groups is 1. The highest BCUT2D eigenvalue weighted by Crippen LogP contribution is 2.18. The number of hydrogen-bond acceptors (Lipinski definition) is 2. The van der Waals surface area contributed by atoms with Crippen molar-refractivity contribution in [2.45, 2.75) is 6.92 Å². The van der Waals surface area contributed by atoms with Crippen LogP contribution in [0.2, 0.25) is 0 Å². The summed E-state index contributed by atoms with van der Waals surface area (Å²) >= 11 is 3.35. The molecule has 13 heavy (non-hydrogen) atoms. The number of Topliss-reactive ketones (excluding diaryl/α,β-unsaturated/α-hetero) is 1. The van der Waals surface area contributed by atoms with Gasteiger partial charge in [0.25, 0.3) is 0 Å². The number of likely N-dealkylation sites (N-methyl/N-ethyl adjacent to an activating group) is 1. The lowest BCUT2D eigenvalue weighted by molar-refractivity contribution is 0.0993. The van der Waals surface area contributed by atoms with Gasteiger partial charge in [0.2, 0.25) is 0 Å². The lowest BCUT2D eigenvalue weighted by atomic mass is 10.1. The van der Waals surface area contributed by atoms with Crippen molar-refractivity contribution in [2.75, 3.05) is 13.6 Å². The topological polar surface area (TPSA) is 29.1 Å². The Morgan fingerprint density at radius 1 is 1.54 bits per heavy atom. The molecule has 1 aromatic carbocycles. The fraction of sp³-hybridized carbons (Fsp3) is 0.300. The van der Waals surface area contributed by atoms with Crippen LogP contribution < -0.4 is 5.32 Å². The number of rotatable bonds is 3. The molecule has 0 aliphatic carbocycles. The average Bonchev–Trinajstić information content (AvgIpc) is 2.09. The van der Waals surface area contributed by atoms with Crippen LogP contribution in [0.1, 0.15) is 15.9 Å². The number of benzene rings is 1. The summed E-state index contributed by atoms with van der Waals surface area (Å²) in [5, 5.41) is 2.84. The van der Waals surface area contributed by atoms with Crippen LogP contribution in [0.25, 0.3) is 0 Å². The first-order valence-corrected chi connectivity index (χ1v) is 4.88. The molecule has 70 valence electrons. The number of carbonyl (C=O) groups excluding carboxylic acids is 1. The summed E-state index contributed by atoms with van der Waals surface area (Å²) in [5.41, 5.74) is 1.84. The molecule has 3 heteroatoms. The Morgan fingerprint density at radius 2 is 2.23 bits per heavy atom. The standard InChI is InChI=1S/C10H12BrNO/c1-7-3-4-9(11)8(5-7)10(13)6-12-2/h3-5,12H,6H2,1-2H3. The Labute approximate surface area is 86.5 Å². The first-order valence-electron chi connectivity index (χ1n) is 4.09. The van der Waals surface area contributed by atoms with Gasteiger partial charge in [-0.05, 0) is 26.1 Å². The second-order valence-corrected chi connectivity index (χ2v) is 3.79. The van der Waals surface area contributed by atoms with E-state index in [0.29, 0.717) is 6.54 Å². The number of nitrogens with one attached hydrogen (secondary N) is 1. The summed E-state index contributed by atoms with van der Waals surface area (Å²) in [6.45, 7) is 2.35. The molecule has 0 aliphatic heterocycles. The van der Waals surface area contributed by atoms with E-state index in [4.69, 9.17) is 0 Å². The minimum Gasteiger partial charge on any atom is -0.313 e. The third kappa shape index (κ3) is 2.64. The zero-order valence-electron chi connectivity index (χ0n) is 7.73. The van der Waals surface area contributed by atoms with E-state index in [2.05, 4.69) is 21.2 Å². The Bertz CT molecular complexity index is 323. The molecule has 0 atom stereocenters. The maximum Gasteiger partial charge on any atom is 0.177 e. The van der Waals surface area contributed by atoms with E-state index in [-0.39, 0.29) is 5.78 Å². The second kappa shape index (κ2) is 4.53. The highest BCUT2D eigenvalue weighted by molar-refractivity contribution is 9.10. The SMILES string of the molecule is CNCC(=O)c1cc(C)ccc1Br. The molecule has 0 saturated heterocycles. The van der Waals surface area contributed by atoms with Crippen LogP contribution in [0.5, 0.6) is 0 Å². The number of aryl methyl sites for hydroxylation is 1. The second-order valence-electron chi connectivity index (χ2n) is 2.94. The number of hydrogen-bond donors (Lipinski definition) is 1. The predicted molar refractivity (Wildman–Crippen MR) is 57.1 cm³/mol. The van der Waals surface area contributed by atoms with E-state index in [0.717, 1.165) is 15.6 Å². The molecule has 0 aliphatic rings. The van der Waals surface area contributed by atoms with Crippen LogP contribution in [-0.2, 0) is 0 Å². The van der Waals surface area contributed by atoms with Crippen molar-refractivity contribution < 1.29 is 4.79 Å². The monoisotopic (exact) mass is 241 g/mol. The Kier molecular flexibility index (Phi) is 3.63. The summed E-state index contributed by atoms with van der Waals surface area (Å²) in [4.78, 5) is 11.5. The Morgan fingerprint density at radius 3 is 2.85 bits per heavy atom. The van der Waals surface area contributed by atoms with E-state index in [1.54, 1.807) is 7.05 Å². The van der Waals surface area contributed by atoms with Gasteiger partial charge in [0.15, 0.2) is 5.78 Å². The van der Waals surface area contributed by atoms with Crippen LogP contribution in [0.15, 0.2) is 22.7 Å². The lowest BCUT2D eigenvalue weighted by Crippen LogP contribution is -2.18. The van der Waals surface area contributed by atoms with E-state index in [1.807, 2.05) is 25.1 Å². The van der Waals surface area contributed by atoms with Crippen LogP contribution in [0.4, 0.5) is 0 Å². The fourth-order valence-corrected chi connectivity index (χ4v) is 1.58. The molecule has 1 rings (SSSR count). The molecular formula is C10H12BrNO. The van der Waals surface area contributed by atoms with Crippen molar-refractivity contribution in [3.05, 3.63) is 33.8 Å². The van der Waals surface area contributed by atoms with Gasteiger partial charge in [-0.3, -0.25) is 4.79 Å². The molecule has 0 saturated carbocycles. The zero-order chi connectivity index (χ0) is 9.84. The normalized spacial score (nSPS) is 10.1. The molecule has 2 nitrogen and oxygen atoms in total. The van der Waals surface area contributed by atoms with Gasteiger partial charge >= 0.3 is 0 Å². The van der Waals surface area contributed by atoms with Crippen molar-refractivity contribution in [2.24, 2.45) is 0 Å². The molecule has 1 N–H and O–H groups in total. The maximum atomic E-state index is 11.5. The van der Waals surface area contributed by atoms with Crippen LogP contribution >= 0.6 is 15.9 Å². The summed E-state index contributed by atoms with van der Waals surface area (Å²) in [7, 11) is 1.77. The first-order chi connectivity index (χ1) is 6.15. The molecule has 0 heterocycles. The third-order valence-electron chi connectivity index (χ3n) is 1.76.